The second-order valence-corrected chi connectivity index (χ2v) is 4.18. The van der Waals surface area contributed by atoms with Crippen molar-refractivity contribution in [2.75, 3.05) is 19.9 Å². The van der Waals surface area contributed by atoms with Crippen LogP contribution < -0.4 is 10.6 Å². The molecule has 0 saturated carbocycles. The van der Waals surface area contributed by atoms with Crippen LogP contribution in [0.25, 0.3) is 0 Å². The van der Waals surface area contributed by atoms with Gasteiger partial charge in [0, 0.05) is 13.0 Å². The van der Waals surface area contributed by atoms with Crippen molar-refractivity contribution < 1.29 is 39.0 Å². The van der Waals surface area contributed by atoms with E-state index >= 15 is 0 Å². The summed E-state index contributed by atoms with van der Waals surface area (Å²) in [4.78, 5) is 44.1. The van der Waals surface area contributed by atoms with Crippen LogP contribution in [-0.4, -0.2) is 75.7 Å². The molecule has 1 unspecified atom stereocenters. The molecule has 1 aromatic rings. The van der Waals surface area contributed by atoms with Gasteiger partial charge in [0.15, 0.2) is 11.8 Å². The van der Waals surface area contributed by atoms with Crippen molar-refractivity contribution in [3.8, 4) is 0 Å². The Hall–Kier alpha value is -3.22. The summed E-state index contributed by atoms with van der Waals surface area (Å²) in [5, 5.41) is 29.3. The lowest BCUT2D eigenvalue weighted by molar-refractivity contribution is -0.173. The standard InChI is InChI=1S/C11H15N5O8/c17-5-12-3-9(19)23-6-24-11(21)8(18)1-2-13-10(20)7-4-16(22)15-14-7/h4-5,8,18,22H,1-3,6H2,(H,12,17)(H,13,20). The van der Waals surface area contributed by atoms with Crippen LogP contribution in [0.3, 0.4) is 0 Å². The molecule has 4 N–H and O–H groups in total. The van der Waals surface area contributed by atoms with Crippen molar-refractivity contribution >= 4 is 24.3 Å². The van der Waals surface area contributed by atoms with Gasteiger partial charge in [-0.05, 0) is 5.21 Å². The second kappa shape index (κ2) is 9.73. The zero-order valence-corrected chi connectivity index (χ0v) is 12.2. The van der Waals surface area contributed by atoms with E-state index in [1.165, 1.54) is 0 Å². The molecule has 0 radical (unpaired) electrons. The Morgan fingerprint density at radius 1 is 1.38 bits per heavy atom. The number of nitrogens with one attached hydrogen (secondary N) is 2. The molecule has 0 aliphatic rings. The van der Waals surface area contributed by atoms with Gasteiger partial charge in [-0.15, -0.1) is 5.10 Å². The minimum absolute atomic E-state index is 0.0869. The molecule has 1 aromatic heterocycles. The van der Waals surface area contributed by atoms with Crippen LogP contribution in [0.15, 0.2) is 6.20 Å². The predicted molar refractivity (Wildman–Crippen MR) is 71.3 cm³/mol. The SMILES string of the molecule is O=CNCC(=O)OCOC(=O)C(O)CCNC(=O)c1cn(O)nn1. The van der Waals surface area contributed by atoms with Gasteiger partial charge in [-0.2, -0.15) is 0 Å². The van der Waals surface area contributed by atoms with Crippen LogP contribution in [-0.2, 0) is 23.9 Å². The third kappa shape index (κ3) is 6.69. The minimum Gasteiger partial charge on any atom is -0.427 e. The zero-order valence-electron chi connectivity index (χ0n) is 12.2. The van der Waals surface area contributed by atoms with Crippen molar-refractivity contribution in [2.45, 2.75) is 12.5 Å². The van der Waals surface area contributed by atoms with Gasteiger partial charge < -0.3 is 30.4 Å². The van der Waals surface area contributed by atoms with E-state index in [-0.39, 0.29) is 25.2 Å². The Morgan fingerprint density at radius 3 is 2.75 bits per heavy atom. The number of esters is 2. The monoisotopic (exact) mass is 345 g/mol. The summed E-state index contributed by atoms with van der Waals surface area (Å²) in [6, 6.07) is 0. The summed E-state index contributed by atoms with van der Waals surface area (Å²) in [6.45, 7) is -1.19. The first-order valence-electron chi connectivity index (χ1n) is 6.51. The highest BCUT2D eigenvalue weighted by molar-refractivity contribution is 5.91. The van der Waals surface area contributed by atoms with Gasteiger partial charge in [-0.1, -0.05) is 4.85 Å². The van der Waals surface area contributed by atoms with E-state index in [2.05, 4.69) is 30.4 Å². The number of aliphatic hydroxyl groups excluding tert-OH is 1. The summed E-state index contributed by atoms with van der Waals surface area (Å²) in [5.41, 5.74) is -0.148. The molecule has 0 fully saturated rings. The van der Waals surface area contributed by atoms with E-state index in [0.29, 0.717) is 11.3 Å². The van der Waals surface area contributed by atoms with Crippen molar-refractivity contribution in [1.82, 2.24) is 25.8 Å². The molecule has 132 valence electrons. The first-order chi connectivity index (χ1) is 11.4. The number of hydrogen-bond acceptors (Lipinski definition) is 10. The lowest BCUT2D eigenvalue weighted by atomic mass is 10.2. The minimum atomic E-state index is -1.55. The highest BCUT2D eigenvalue weighted by atomic mass is 16.7. The van der Waals surface area contributed by atoms with Gasteiger partial charge in [-0.3, -0.25) is 14.4 Å². The fourth-order valence-electron chi connectivity index (χ4n) is 1.32. The quantitative estimate of drug-likeness (QED) is 0.146. The third-order valence-corrected chi connectivity index (χ3v) is 2.44. The number of carbonyl (C=O) groups is 4. The first-order valence-corrected chi connectivity index (χ1v) is 6.51. The maximum absolute atomic E-state index is 11.5. The molecule has 0 bridgehead atoms. The van der Waals surface area contributed by atoms with Crippen molar-refractivity contribution in [1.29, 1.82) is 0 Å². The van der Waals surface area contributed by atoms with E-state index in [4.69, 9.17) is 5.21 Å². The number of rotatable bonds is 10. The highest BCUT2D eigenvalue weighted by Gasteiger charge is 2.18. The summed E-state index contributed by atoms with van der Waals surface area (Å²) >= 11 is 0. The highest BCUT2D eigenvalue weighted by Crippen LogP contribution is 1.96. The fourth-order valence-corrected chi connectivity index (χ4v) is 1.32. The molecule has 24 heavy (non-hydrogen) atoms. The summed E-state index contributed by atoms with van der Waals surface area (Å²) in [5.74, 6) is -2.54. The fraction of sp³-hybridized carbons (Fsp3) is 0.455. The van der Waals surface area contributed by atoms with Crippen molar-refractivity contribution in [2.24, 2.45) is 0 Å². The molecule has 0 aromatic carbocycles. The van der Waals surface area contributed by atoms with Crippen LogP contribution in [0.4, 0.5) is 0 Å². The van der Waals surface area contributed by atoms with E-state index in [1.807, 2.05) is 0 Å². The van der Waals surface area contributed by atoms with Crippen molar-refractivity contribution in [3.05, 3.63) is 11.9 Å². The maximum atomic E-state index is 11.5. The van der Waals surface area contributed by atoms with Crippen LogP contribution >= 0.6 is 0 Å². The average Bonchev–Trinajstić information content (AvgIpc) is 2.99. The smallest absolute Gasteiger partial charge is 0.337 e. The van der Waals surface area contributed by atoms with Gasteiger partial charge in [0.25, 0.3) is 5.91 Å². The summed E-state index contributed by atoms with van der Waals surface area (Å²) < 4.78 is 8.92. The topological polar surface area (TPSA) is 182 Å². The molecule has 1 rings (SSSR count). The lowest BCUT2D eigenvalue weighted by Gasteiger charge is -2.11. The number of aliphatic hydroxyl groups is 1. The second-order valence-electron chi connectivity index (χ2n) is 4.18. The molecule has 1 atom stereocenters. The van der Waals surface area contributed by atoms with Gasteiger partial charge in [0.05, 0.1) is 6.20 Å². The van der Waals surface area contributed by atoms with Crippen molar-refractivity contribution in [3.63, 3.8) is 0 Å². The maximum Gasteiger partial charge on any atom is 0.337 e. The molecule has 0 saturated heterocycles. The van der Waals surface area contributed by atoms with E-state index < -0.39 is 30.7 Å². The van der Waals surface area contributed by atoms with Crippen LogP contribution in [0.5, 0.6) is 0 Å². The Bertz CT molecular complexity index is 589. The number of aromatic nitrogens is 3. The average molecular weight is 345 g/mol. The van der Waals surface area contributed by atoms with E-state index in [0.717, 1.165) is 6.20 Å². The molecule has 1 heterocycles. The molecular formula is C11H15N5O8. The summed E-state index contributed by atoms with van der Waals surface area (Å²) in [7, 11) is 0. The summed E-state index contributed by atoms with van der Waals surface area (Å²) in [6.07, 6.45) is -0.454. The Balaban J connectivity index is 2.18. The molecule has 0 spiro atoms. The van der Waals surface area contributed by atoms with Gasteiger partial charge in [-0.25, -0.2) is 4.79 Å². The Morgan fingerprint density at radius 2 is 2.12 bits per heavy atom. The van der Waals surface area contributed by atoms with E-state index in [9.17, 15) is 24.3 Å². The van der Waals surface area contributed by atoms with Gasteiger partial charge in [0.1, 0.15) is 6.54 Å². The molecule has 0 aliphatic carbocycles. The molecular weight excluding hydrogens is 330 g/mol. The predicted octanol–water partition coefficient (Wildman–Crippen LogP) is -3.21. The molecule has 13 heteroatoms. The Kier molecular flexibility index (Phi) is 7.63. The number of amides is 2. The lowest BCUT2D eigenvalue weighted by Crippen LogP contribution is -2.32. The Labute approximate surface area is 134 Å². The molecule has 0 aliphatic heterocycles. The van der Waals surface area contributed by atoms with Crippen LogP contribution in [0.2, 0.25) is 0 Å². The first kappa shape index (κ1) is 18.8. The normalized spacial score (nSPS) is 11.2. The third-order valence-electron chi connectivity index (χ3n) is 2.44. The van der Waals surface area contributed by atoms with Gasteiger partial charge in [0.2, 0.25) is 13.2 Å². The van der Waals surface area contributed by atoms with Crippen LogP contribution in [0, 0.1) is 0 Å². The molecule has 13 nitrogen and oxygen atoms in total. The molecule has 2 amide bonds. The number of nitrogens with zero attached hydrogens (tertiary/aromatic N) is 3. The number of carbonyl (C=O) groups excluding carboxylic acids is 4. The number of hydrogen-bond donors (Lipinski definition) is 4. The largest absolute Gasteiger partial charge is 0.427 e. The van der Waals surface area contributed by atoms with Gasteiger partial charge >= 0.3 is 11.9 Å². The zero-order chi connectivity index (χ0) is 17.9. The number of ether oxygens (including phenoxy) is 2. The van der Waals surface area contributed by atoms with Crippen LogP contribution in [0.1, 0.15) is 16.9 Å². The van der Waals surface area contributed by atoms with E-state index in [1.54, 1.807) is 0 Å².